The van der Waals surface area contributed by atoms with Crippen molar-refractivity contribution in [2.75, 3.05) is 6.54 Å². The SMILES string of the molecule is CC(CNC(=O)CCc1ccccc1)c1ccc(F)cc1. The molecule has 2 aromatic carbocycles. The molecule has 0 aliphatic rings. The van der Waals surface area contributed by atoms with Gasteiger partial charge >= 0.3 is 0 Å². The minimum atomic E-state index is -0.238. The number of amides is 1. The van der Waals surface area contributed by atoms with Gasteiger partial charge in [-0.15, -0.1) is 0 Å². The van der Waals surface area contributed by atoms with Crippen LogP contribution in [0.3, 0.4) is 0 Å². The summed E-state index contributed by atoms with van der Waals surface area (Å²) in [6.07, 6.45) is 1.23. The summed E-state index contributed by atoms with van der Waals surface area (Å²) in [5.74, 6) is -0.0167. The number of halogens is 1. The summed E-state index contributed by atoms with van der Waals surface area (Å²) in [7, 11) is 0. The third kappa shape index (κ3) is 5.03. The molecule has 0 aromatic heterocycles. The van der Waals surface area contributed by atoms with Crippen LogP contribution < -0.4 is 5.32 Å². The smallest absolute Gasteiger partial charge is 0.220 e. The van der Waals surface area contributed by atoms with Gasteiger partial charge in [-0.2, -0.15) is 0 Å². The van der Waals surface area contributed by atoms with E-state index >= 15 is 0 Å². The lowest BCUT2D eigenvalue weighted by molar-refractivity contribution is -0.121. The minimum absolute atomic E-state index is 0.0489. The van der Waals surface area contributed by atoms with Crippen molar-refractivity contribution >= 4 is 5.91 Å². The van der Waals surface area contributed by atoms with Crippen LogP contribution in [0.15, 0.2) is 54.6 Å². The van der Waals surface area contributed by atoms with Crippen LogP contribution in [0.1, 0.15) is 30.4 Å². The first kappa shape index (κ1) is 15.2. The topological polar surface area (TPSA) is 29.1 Å². The molecule has 1 atom stereocenters. The van der Waals surface area contributed by atoms with Crippen molar-refractivity contribution in [3.05, 3.63) is 71.5 Å². The number of carbonyl (C=O) groups excluding carboxylic acids is 1. The summed E-state index contributed by atoms with van der Waals surface area (Å²) < 4.78 is 12.9. The Hall–Kier alpha value is -2.16. The highest BCUT2D eigenvalue weighted by Crippen LogP contribution is 2.14. The van der Waals surface area contributed by atoms with Gasteiger partial charge in [0.25, 0.3) is 0 Å². The second-order valence-corrected chi connectivity index (χ2v) is 5.24. The minimum Gasteiger partial charge on any atom is -0.355 e. The molecule has 1 N–H and O–H groups in total. The molecule has 3 heteroatoms. The lowest BCUT2D eigenvalue weighted by atomic mass is 10.0. The summed E-state index contributed by atoms with van der Waals surface area (Å²) in [6.45, 7) is 2.59. The average molecular weight is 285 g/mol. The van der Waals surface area contributed by atoms with Gasteiger partial charge in [0.05, 0.1) is 0 Å². The Balaban J connectivity index is 1.74. The van der Waals surface area contributed by atoms with Crippen LogP contribution >= 0.6 is 0 Å². The molecule has 0 aliphatic heterocycles. The van der Waals surface area contributed by atoms with Crippen molar-refractivity contribution in [2.45, 2.75) is 25.7 Å². The maximum Gasteiger partial charge on any atom is 0.220 e. The molecule has 2 aromatic rings. The zero-order chi connectivity index (χ0) is 15.1. The molecule has 0 heterocycles. The Labute approximate surface area is 125 Å². The quantitative estimate of drug-likeness (QED) is 0.862. The normalized spacial score (nSPS) is 11.9. The number of benzene rings is 2. The van der Waals surface area contributed by atoms with Crippen molar-refractivity contribution in [1.82, 2.24) is 5.32 Å². The Morgan fingerprint density at radius 3 is 2.43 bits per heavy atom. The summed E-state index contributed by atoms with van der Waals surface area (Å²) >= 11 is 0. The van der Waals surface area contributed by atoms with Gasteiger partial charge < -0.3 is 5.32 Å². The summed E-state index contributed by atoms with van der Waals surface area (Å²) in [5, 5.41) is 2.93. The molecule has 110 valence electrons. The maximum absolute atomic E-state index is 12.9. The number of nitrogens with one attached hydrogen (secondary N) is 1. The molecule has 0 saturated carbocycles. The van der Waals surface area contributed by atoms with E-state index < -0.39 is 0 Å². The monoisotopic (exact) mass is 285 g/mol. The molecule has 2 nitrogen and oxygen atoms in total. The molecule has 0 aliphatic carbocycles. The second-order valence-electron chi connectivity index (χ2n) is 5.24. The Bertz CT molecular complexity index is 566. The number of carbonyl (C=O) groups is 1. The van der Waals surface area contributed by atoms with E-state index in [1.165, 1.54) is 17.7 Å². The van der Waals surface area contributed by atoms with Crippen LogP contribution in [0.2, 0.25) is 0 Å². The molecule has 2 rings (SSSR count). The molecular weight excluding hydrogens is 265 g/mol. The van der Waals surface area contributed by atoms with Crippen LogP contribution in [0.5, 0.6) is 0 Å². The van der Waals surface area contributed by atoms with Gasteiger partial charge in [-0.3, -0.25) is 4.79 Å². The molecule has 0 bridgehead atoms. The van der Waals surface area contributed by atoms with E-state index in [-0.39, 0.29) is 17.6 Å². The molecule has 0 spiro atoms. The fourth-order valence-electron chi connectivity index (χ4n) is 2.17. The zero-order valence-corrected chi connectivity index (χ0v) is 12.2. The van der Waals surface area contributed by atoms with Crippen molar-refractivity contribution < 1.29 is 9.18 Å². The van der Waals surface area contributed by atoms with Crippen LogP contribution in [-0.4, -0.2) is 12.5 Å². The molecule has 1 amide bonds. The zero-order valence-electron chi connectivity index (χ0n) is 12.2. The first-order chi connectivity index (χ1) is 10.1. The Kier molecular flexibility index (Phi) is 5.50. The maximum atomic E-state index is 12.9. The predicted octanol–water partition coefficient (Wildman–Crippen LogP) is 3.68. The van der Waals surface area contributed by atoms with Crippen LogP contribution in [0.4, 0.5) is 4.39 Å². The fraction of sp³-hybridized carbons (Fsp3) is 0.278. The van der Waals surface area contributed by atoms with Gasteiger partial charge in [0.1, 0.15) is 5.82 Å². The molecule has 21 heavy (non-hydrogen) atoms. The number of hydrogen-bond acceptors (Lipinski definition) is 1. The molecule has 0 saturated heterocycles. The van der Waals surface area contributed by atoms with E-state index in [0.29, 0.717) is 13.0 Å². The highest BCUT2D eigenvalue weighted by Gasteiger charge is 2.08. The Morgan fingerprint density at radius 1 is 1.10 bits per heavy atom. The van der Waals surface area contributed by atoms with Crippen LogP contribution in [0.25, 0.3) is 0 Å². The third-order valence-corrected chi connectivity index (χ3v) is 3.53. The van der Waals surface area contributed by atoms with Gasteiger partial charge in [-0.1, -0.05) is 49.4 Å². The average Bonchev–Trinajstić information content (AvgIpc) is 2.52. The van der Waals surface area contributed by atoms with E-state index in [0.717, 1.165) is 12.0 Å². The van der Waals surface area contributed by atoms with Crippen molar-refractivity contribution in [2.24, 2.45) is 0 Å². The van der Waals surface area contributed by atoms with Crippen LogP contribution in [-0.2, 0) is 11.2 Å². The lowest BCUT2D eigenvalue weighted by Gasteiger charge is -2.13. The standard InChI is InChI=1S/C18H20FNO/c1-14(16-8-10-17(19)11-9-16)13-20-18(21)12-7-15-5-3-2-4-6-15/h2-6,8-11,14H,7,12-13H2,1H3,(H,20,21). The molecule has 0 fully saturated rings. The second kappa shape index (κ2) is 7.58. The molecule has 0 radical (unpaired) electrons. The van der Waals surface area contributed by atoms with Gasteiger partial charge in [-0.25, -0.2) is 4.39 Å². The van der Waals surface area contributed by atoms with Crippen LogP contribution in [0, 0.1) is 5.82 Å². The van der Waals surface area contributed by atoms with E-state index in [4.69, 9.17) is 0 Å². The van der Waals surface area contributed by atoms with Gasteiger partial charge in [0, 0.05) is 13.0 Å². The fourth-order valence-corrected chi connectivity index (χ4v) is 2.17. The summed E-state index contributed by atoms with van der Waals surface area (Å²) in [5.41, 5.74) is 2.19. The molecule has 1 unspecified atom stereocenters. The van der Waals surface area contributed by atoms with E-state index in [1.54, 1.807) is 12.1 Å². The predicted molar refractivity (Wildman–Crippen MR) is 82.6 cm³/mol. The van der Waals surface area contributed by atoms with Gasteiger partial charge in [0.15, 0.2) is 0 Å². The van der Waals surface area contributed by atoms with E-state index in [1.807, 2.05) is 37.3 Å². The van der Waals surface area contributed by atoms with Crippen molar-refractivity contribution in [3.63, 3.8) is 0 Å². The lowest BCUT2D eigenvalue weighted by Crippen LogP contribution is -2.27. The number of rotatable bonds is 6. The molecular formula is C18H20FNO. The highest BCUT2D eigenvalue weighted by atomic mass is 19.1. The largest absolute Gasteiger partial charge is 0.355 e. The summed E-state index contributed by atoms with van der Waals surface area (Å²) in [4.78, 5) is 11.8. The summed E-state index contributed by atoms with van der Waals surface area (Å²) in [6, 6.07) is 16.4. The Morgan fingerprint density at radius 2 is 1.76 bits per heavy atom. The van der Waals surface area contributed by atoms with Gasteiger partial charge in [0.2, 0.25) is 5.91 Å². The number of hydrogen-bond donors (Lipinski definition) is 1. The van der Waals surface area contributed by atoms with Gasteiger partial charge in [-0.05, 0) is 35.6 Å². The highest BCUT2D eigenvalue weighted by molar-refractivity contribution is 5.76. The van der Waals surface area contributed by atoms with Crippen molar-refractivity contribution in [3.8, 4) is 0 Å². The number of aryl methyl sites for hydroxylation is 1. The first-order valence-corrected chi connectivity index (χ1v) is 7.21. The van der Waals surface area contributed by atoms with E-state index in [2.05, 4.69) is 5.32 Å². The van der Waals surface area contributed by atoms with Crippen molar-refractivity contribution in [1.29, 1.82) is 0 Å². The third-order valence-electron chi connectivity index (χ3n) is 3.53. The first-order valence-electron chi connectivity index (χ1n) is 7.21. The van der Waals surface area contributed by atoms with E-state index in [9.17, 15) is 9.18 Å².